The molecule has 0 spiro atoms. The first-order chi connectivity index (χ1) is 8.83. The number of benzene rings is 1. The Kier molecular flexibility index (Phi) is 2.61. The van der Waals surface area contributed by atoms with Crippen LogP contribution in [0.25, 0.3) is 10.9 Å². The Labute approximate surface area is 104 Å². The smallest absolute Gasteiger partial charge is 0.207 e. The van der Waals surface area contributed by atoms with Crippen molar-refractivity contribution in [2.75, 3.05) is 0 Å². The van der Waals surface area contributed by atoms with Gasteiger partial charge in [-0.1, -0.05) is 24.3 Å². The molecule has 0 radical (unpaired) electrons. The summed E-state index contributed by atoms with van der Waals surface area (Å²) in [5.41, 5.74) is 0.698. The molecule has 0 aliphatic carbocycles. The zero-order valence-corrected chi connectivity index (χ0v) is 9.65. The van der Waals surface area contributed by atoms with E-state index in [0.29, 0.717) is 23.3 Å². The maximum absolute atomic E-state index is 11.8. The number of fused-ring (bicyclic) bond motifs is 1. The SMILES string of the molecule is [O-]c1nc(C[n+]2ccccc2)nc2ccccc12. The van der Waals surface area contributed by atoms with Crippen LogP contribution >= 0.6 is 0 Å². The van der Waals surface area contributed by atoms with Crippen molar-refractivity contribution in [1.29, 1.82) is 0 Å². The van der Waals surface area contributed by atoms with Crippen molar-refractivity contribution in [1.82, 2.24) is 9.97 Å². The van der Waals surface area contributed by atoms with Crippen molar-refractivity contribution in [2.45, 2.75) is 6.54 Å². The summed E-state index contributed by atoms with van der Waals surface area (Å²) in [7, 11) is 0. The summed E-state index contributed by atoms with van der Waals surface area (Å²) >= 11 is 0. The van der Waals surface area contributed by atoms with Crippen molar-refractivity contribution < 1.29 is 9.67 Å². The fourth-order valence-corrected chi connectivity index (χ4v) is 1.87. The minimum Gasteiger partial charge on any atom is -0.858 e. The molecule has 2 aromatic heterocycles. The van der Waals surface area contributed by atoms with Crippen LogP contribution in [0.4, 0.5) is 0 Å². The lowest BCUT2D eigenvalue weighted by Crippen LogP contribution is -2.34. The van der Waals surface area contributed by atoms with Crippen LogP contribution in [0.15, 0.2) is 54.9 Å². The lowest BCUT2D eigenvalue weighted by Gasteiger charge is -2.09. The molecule has 0 saturated carbocycles. The molecule has 0 fully saturated rings. The monoisotopic (exact) mass is 237 g/mol. The molecule has 4 heteroatoms. The van der Waals surface area contributed by atoms with Crippen LogP contribution in [0.1, 0.15) is 5.82 Å². The van der Waals surface area contributed by atoms with Crippen LogP contribution in [-0.4, -0.2) is 9.97 Å². The second kappa shape index (κ2) is 4.41. The molecule has 3 rings (SSSR count). The van der Waals surface area contributed by atoms with E-state index in [-0.39, 0.29) is 5.88 Å². The van der Waals surface area contributed by atoms with E-state index >= 15 is 0 Å². The van der Waals surface area contributed by atoms with Gasteiger partial charge in [-0.3, -0.25) is 0 Å². The van der Waals surface area contributed by atoms with Crippen LogP contribution in [0.2, 0.25) is 0 Å². The van der Waals surface area contributed by atoms with Gasteiger partial charge in [-0.25, -0.2) is 9.97 Å². The molecule has 0 bridgehead atoms. The predicted octanol–water partition coefficient (Wildman–Crippen LogP) is 1.04. The third kappa shape index (κ3) is 2.00. The normalized spacial score (nSPS) is 10.7. The van der Waals surface area contributed by atoms with Gasteiger partial charge in [0.05, 0.1) is 5.52 Å². The van der Waals surface area contributed by atoms with E-state index in [0.717, 1.165) is 0 Å². The van der Waals surface area contributed by atoms with Gasteiger partial charge in [0.15, 0.2) is 18.2 Å². The number of hydrogen-bond donors (Lipinski definition) is 0. The first-order valence-electron chi connectivity index (χ1n) is 5.70. The highest BCUT2D eigenvalue weighted by atomic mass is 16.3. The zero-order valence-electron chi connectivity index (χ0n) is 9.65. The summed E-state index contributed by atoms with van der Waals surface area (Å²) in [6.07, 6.45) is 3.84. The standard InChI is InChI=1S/C14H11N3O/c18-14-11-6-2-3-7-12(11)15-13(16-14)10-17-8-4-1-5-9-17/h1-9H,10H2. The lowest BCUT2D eigenvalue weighted by molar-refractivity contribution is -0.689. The van der Waals surface area contributed by atoms with Gasteiger partial charge in [0.25, 0.3) is 0 Å². The fraction of sp³-hybridized carbons (Fsp3) is 0.0714. The highest BCUT2D eigenvalue weighted by Gasteiger charge is 2.06. The third-order valence-corrected chi connectivity index (χ3v) is 2.72. The van der Waals surface area contributed by atoms with Crippen molar-refractivity contribution >= 4 is 10.9 Å². The first kappa shape index (κ1) is 10.7. The Balaban J connectivity index is 2.03. The third-order valence-electron chi connectivity index (χ3n) is 2.72. The van der Waals surface area contributed by atoms with E-state index in [2.05, 4.69) is 9.97 Å². The molecule has 4 nitrogen and oxygen atoms in total. The highest BCUT2D eigenvalue weighted by Crippen LogP contribution is 2.17. The topological polar surface area (TPSA) is 52.7 Å². The molecule has 88 valence electrons. The van der Waals surface area contributed by atoms with Crippen LogP contribution in [0.5, 0.6) is 5.88 Å². The van der Waals surface area contributed by atoms with Gasteiger partial charge in [-0.05, 0) is 11.9 Å². The summed E-state index contributed by atoms with van der Waals surface area (Å²) in [5.74, 6) is 0.321. The van der Waals surface area contributed by atoms with Crippen LogP contribution < -0.4 is 9.67 Å². The second-order valence-electron chi connectivity index (χ2n) is 4.01. The maximum atomic E-state index is 11.8. The number of rotatable bonds is 2. The molecule has 0 N–H and O–H groups in total. The summed E-state index contributed by atoms with van der Waals surface area (Å²) < 4.78 is 1.93. The number of pyridine rings is 1. The molecule has 0 aliphatic heterocycles. The summed E-state index contributed by atoms with van der Waals surface area (Å²) in [6.45, 7) is 0.501. The van der Waals surface area contributed by atoms with Crippen molar-refractivity contribution in [3.63, 3.8) is 0 Å². The van der Waals surface area contributed by atoms with Crippen molar-refractivity contribution in [3.05, 3.63) is 60.7 Å². The van der Waals surface area contributed by atoms with Crippen LogP contribution in [0, 0.1) is 0 Å². The predicted molar refractivity (Wildman–Crippen MR) is 64.7 cm³/mol. The molecule has 3 aromatic rings. The van der Waals surface area contributed by atoms with Crippen LogP contribution in [-0.2, 0) is 6.54 Å². The molecule has 0 aliphatic rings. The maximum Gasteiger partial charge on any atom is 0.207 e. The molecule has 2 heterocycles. The average Bonchev–Trinajstić information content (AvgIpc) is 2.40. The van der Waals surface area contributed by atoms with Gasteiger partial charge >= 0.3 is 0 Å². The Morgan fingerprint density at radius 1 is 0.944 bits per heavy atom. The minimum absolute atomic E-state index is 0.216. The first-order valence-corrected chi connectivity index (χ1v) is 5.70. The molecular formula is C14H11N3O. The molecule has 18 heavy (non-hydrogen) atoms. The molecule has 0 atom stereocenters. The van der Waals surface area contributed by atoms with Crippen LogP contribution in [0.3, 0.4) is 0 Å². The Bertz CT molecular complexity index is 683. The highest BCUT2D eigenvalue weighted by molar-refractivity contribution is 5.82. The largest absolute Gasteiger partial charge is 0.858 e. The van der Waals surface area contributed by atoms with Gasteiger partial charge in [-0.15, -0.1) is 0 Å². The van der Waals surface area contributed by atoms with Crippen molar-refractivity contribution in [3.8, 4) is 5.88 Å². The van der Waals surface area contributed by atoms with Crippen molar-refractivity contribution in [2.24, 2.45) is 0 Å². The van der Waals surface area contributed by atoms with E-state index in [1.807, 2.05) is 53.4 Å². The van der Waals surface area contributed by atoms with E-state index < -0.39 is 0 Å². The van der Waals surface area contributed by atoms with E-state index in [9.17, 15) is 5.11 Å². The number of para-hydroxylation sites is 1. The molecule has 0 unspecified atom stereocenters. The fourth-order valence-electron chi connectivity index (χ4n) is 1.87. The quantitative estimate of drug-likeness (QED) is 0.626. The van der Waals surface area contributed by atoms with Gasteiger partial charge in [0.2, 0.25) is 6.54 Å². The Morgan fingerprint density at radius 3 is 2.56 bits per heavy atom. The van der Waals surface area contributed by atoms with E-state index in [4.69, 9.17) is 0 Å². The second-order valence-corrected chi connectivity index (χ2v) is 4.01. The summed E-state index contributed by atoms with van der Waals surface area (Å²) in [6, 6.07) is 13.1. The number of nitrogens with zero attached hydrogens (tertiary/aromatic N) is 3. The summed E-state index contributed by atoms with van der Waals surface area (Å²) in [5, 5.41) is 12.4. The van der Waals surface area contributed by atoms with Gasteiger partial charge < -0.3 is 5.11 Å². The van der Waals surface area contributed by atoms with E-state index in [1.165, 1.54) is 0 Å². The number of hydrogen-bond acceptors (Lipinski definition) is 3. The molecule has 0 amide bonds. The lowest BCUT2D eigenvalue weighted by atomic mass is 10.2. The number of aromatic nitrogens is 3. The van der Waals surface area contributed by atoms with E-state index in [1.54, 1.807) is 6.07 Å². The Morgan fingerprint density at radius 2 is 1.72 bits per heavy atom. The van der Waals surface area contributed by atoms with Gasteiger partial charge in [-0.2, -0.15) is 4.57 Å². The zero-order chi connectivity index (χ0) is 12.4. The molecular weight excluding hydrogens is 226 g/mol. The summed E-state index contributed by atoms with van der Waals surface area (Å²) in [4.78, 5) is 8.41. The van der Waals surface area contributed by atoms with Gasteiger partial charge in [0.1, 0.15) is 0 Å². The average molecular weight is 237 g/mol. The molecule has 0 saturated heterocycles. The molecule has 1 aromatic carbocycles. The Hall–Kier alpha value is -2.49. The van der Waals surface area contributed by atoms with Gasteiger partial charge in [0, 0.05) is 17.5 Å². The minimum atomic E-state index is -0.216.